The van der Waals surface area contributed by atoms with Gasteiger partial charge in [-0.25, -0.2) is 0 Å². The van der Waals surface area contributed by atoms with Crippen molar-refractivity contribution >= 4 is 17.5 Å². The zero-order valence-corrected chi connectivity index (χ0v) is 17.3. The molecule has 1 saturated heterocycles. The van der Waals surface area contributed by atoms with E-state index in [1.54, 1.807) is 23.1 Å². The van der Waals surface area contributed by atoms with Crippen molar-refractivity contribution in [1.82, 2.24) is 15.5 Å². The summed E-state index contributed by atoms with van der Waals surface area (Å²) in [6.45, 7) is 6.34. The van der Waals surface area contributed by atoms with E-state index in [-0.39, 0.29) is 23.8 Å². The summed E-state index contributed by atoms with van der Waals surface area (Å²) in [5.41, 5.74) is 3.25. The fourth-order valence-corrected chi connectivity index (χ4v) is 3.51. The average Bonchev–Trinajstić information content (AvgIpc) is 3.35. The van der Waals surface area contributed by atoms with Gasteiger partial charge in [0.15, 0.2) is 0 Å². The first-order chi connectivity index (χ1) is 14.4. The van der Waals surface area contributed by atoms with E-state index in [9.17, 15) is 9.59 Å². The van der Waals surface area contributed by atoms with Gasteiger partial charge in [-0.3, -0.25) is 9.59 Å². The van der Waals surface area contributed by atoms with Gasteiger partial charge < -0.3 is 14.7 Å². The summed E-state index contributed by atoms with van der Waals surface area (Å²) in [7, 11) is 0. The van der Waals surface area contributed by atoms with Crippen LogP contribution in [0.25, 0.3) is 11.4 Å². The molecule has 4 rings (SSSR count). The first kappa shape index (κ1) is 19.8. The lowest BCUT2D eigenvalue weighted by Crippen LogP contribution is -2.30. The van der Waals surface area contributed by atoms with E-state index < -0.39 is 0 Å². The lowest BCUT2D eigenvalue weighted by molar-refractivity contribution is -0.117. The Balaban J connectivity index is 1.51. The minimum absolute atomic E-state index is 0.0379. The zero-order valence-electron chi connectivity index (χ0n) is 17.3. The van der Waals surface area contributed by atoms with E-state index in [1.165, 1.54) is 0 Å². The number of hydrogen-bond donors (Lipinski definition) is 1. The monoisotopic (exact) mass is 404 g/mol. The summed E-state index contributed by atoms with van der Waals surface area (Å²) in [4.78, 5) is 31.0. The van der Waals surface area contributed by atoms with Crippen molar-refractivity contribution in [3.05, 3.63) is 65.5 Å². The molecule has 0 aliphatic carbocycles. The van der Waals surface area contributed by atoms with Crippen LogP contribution < -0.4 is 10.2 Å². The van der Waals surface area contributed by atoms with Crippen LogP contribution in [0.5, 0.6) is 0 Å². The number of carbonyl (C=O) groups is 2. The van der Waals surface area contributed by atoms with Gasteiger partial charge in [0.25, 0.3) is 5.91 Å². The molecule has 1 aromatic heterocycles. The Hall–Kier alpha value is -3.48. The van der Waals surface area contributed by atoms with Gasteiger partial charge in [0.05, 0.1) is 5.92 Å². The minimum Gasteiger partial charge on any atom is -0.350 e. The number of aromatic nitrogens is 2. The number of anilines is 1. The predicted octanol–water partition coefficient (Wildman–Crippen LogP) is 3.70. The highest BCUT2D eigenvalue weighted by Gasteiger charge is 2.35. The Bertz CT molecular complexity index is 1070. The SMILES string of the molecule is Cc1ccc(N2C[C@@H](c3nc(-c4cccc(C(=O)NC(C)C)c4)no3)CC2=O)cc1. The molecule has 3 aromatic rings. The Morgan fingerprint density at radius 2 is 1.97 bits per heavy atom. The third-order valence-electron chi connectivity index (χ3n) is 5.06. The van der Waals surface area contributed by atoms with Crippen molar-refractivity contribution in [2.45, 2.75) is 39.2 Å². The van der Waals surface area contributed by atoms with E-state index in [0.29, 0.717) is 35.8 Å². The van der Waals surface area contributed by atoms with E-state index in [0.717, 1.165) is 11.3 Å². The molecule has 0 radical (unpaired) electrons. The highest BCUT2D eigenvalue weighted by molar-refractivity contribution is 5.96. The maximum absolute atomic E-state index is 12.5. The summed E-state index contributed by atoms with van der Waals surface area (Å²) in [5.74, 6) is 0.574. The molecule has 2 aromatic carbocycles. The van der Waals surface area contributed by atoms with Gasteiger partial charge in [-0.15, -0.1) is 0 Å². The van der Waals surface area contributed by atoms with Crippen molar-refractivity contribution in [3.8, 4) is 11.4 Å². The number of aryl methyl sites for hydroxylation is 1. The molecule has 0 saturated carbocycles. The molecule has 0 spiro atoms. The van der Waals surface area contributed by atoms with Gasteiger partial charge in [0.2, 0.25) is 17.6 Å². The number of nitrogens with zero attached hydrogens (tertiary/aromatic N) is 3. The summed E-state index contributed by atoms with van der Waals surface area (Å²) in [6, 6.07) is 15.0. The molecular weight excluding hydrogens is 380 g/mol. The van der Waals surface area contributed by atoms with Gasteiger partial charge in [-0.2, -0.15) is 4.98 Å². The second-order valence-electron chi connectivity index (χ2n) is 7.91. The van der Waals surface area contributed by atoms with Crippen LogP contribution in [0.3, 0.4) is 0 Å². The predicted molar refractivity (Wildman–Crippen MR) is 113 cm³/mol. The highest BCUT2D eigenvalue weighted by atomic mass is 16.5. The smallest absolute Gasteiger partial charge is 0.251 e. The number of rotatable bonds is 5. The van der Waals surface area contributed by atoms with Gasteiger partial charge in [0, 0.05) is 35.8 Å². The molecule has 1 N–H and O–H groups in total. The van der Waals surface area contributed by atoms with Crippen molar-refractivity contribution < 1.29 is 14.1 Å². The maximum Gasteiger partial charge on any atom is 0.251 e. The van der Waals surface area contributed by atoms with Crippen molar-refractivity contribution in [1.29, 1.82) is 0 Å². The normalized spacial score (nSPS) is 16.3. The highest BCUT2D eigenvalue weighted by Crippen LogP contribution is 2.32. The molecule has 1 fully saturated rings. The molecule has 1 aliphatic rings. The quantitative estimate of drug-likeness (QED) is 0.700. The molecule has 0 unspecified atom stereocenters. The zero-order chi connectivity index (χ0) is 21.3. The van der Waals surface area contributed by atoms with Crippen LogP contribution >= 0.6 is 0 Å². The van der Waals surface area contributed by atoms with Crippen LogP contribution in [0.15, 0.2) is 53.1 Å². The lowest BCUT2D eigenvalue weighted by atomic mass is 10.1. The fraction of sp³-hybridized carbons (Fsp3) is 0.304. The molecule has 7 nitrogen and oxygen atoms in total. The molecule has 2 heterocycles. The van der Waals surface area contributed by atoms with E-state index in [2.05, 4.69) is 15.5 Å². The van der Waals surface area contributed by atoms with Gasteiger partial charge >= 0.3 is 0 Å². The Morgan fingerprint density at radius 1 is 1.20 bits per heavy atom. The number of amides is 2. The lowest BCUT2D eigenvalue weighted by Gasteiger charge is -2.16. The first-order valence-electron chi connectivity index (χ1n) is 10.0. The Morgan fingerprint density at radius 3 is 2.70 bits per heavy atom. The number of nitrogens with one attached hydrogen (secondary N) is 1. The maximum atomic E-state index is 12.5. The third kappa shape index (κ3) is 4.10. The van der Waals surface area contributed by atoms with Crippen LogP contribution in [-0.4, -0.2) is 34.5 Å². The first-order valence-corrected chi connectivity index (χ1v) is 10.0. The molecule has 1 aliphatic heterocycles. The average molecular weight is 404 g/mol. The molecule has 30 heavy (non-hydrogen) atoms. The fourth-order valence-electron chi connectivity index (χ4n) is 3.51. The summed E-state index contributed by atoms with van der Waals surface area (Å²) in [6.07, 6.45) is 0.326. The van der Waals surface area contributed by atoms with Crippen molar-refractivity contribution in [3.63, 3.8) is 0 Å². The third-order valence-corrected chi connectivity index (χ3v) is 5.06. The standard InChI is InChI=1S/C23H24N4O3/c1-14(2)24-22(29)17-6-4-5-16(11-17)21-25-23(30-26-21)18-12-20(28)27(13-18)19-9-7-15(3)8-10-19/h4-11,14,18H,12-13H2,1-3H3,(H,24,29)/t18-/m0/s1. The molecule has 2 amide bonds. The number of benzene rings is 2. The largest absolute Gasteiger partial charge is 0.350 e. The van der Waals surface area contributed by atoms with Crippen molar-refractivity contribution in [2.75, 3.05) is 11.4 Å². The Kier molecular flexibility index (Phi) is 5.35. The second-order valence-corrected chi connectivity index (χ2v) is 7.91. The molecule has 1 atom stereocenters. The van der Waals surface area contributed by atoms with Crippen LogP contribution in [0.2, 0.25) is 0 Å². The number of carbonyl (C=O) groups excluding carboxylic acids is 2. The van der Waals surface area contributed by atoms with Crippen LogP contribution in [0, 0.1) is 6.92 Å². The number of hydrogen-bond acceptors (Lipinski definition) is 5. The molecule has 7 heteroatoms. The second kappa shape index (κ2) is 8.10. The molecular formula is C23H24N4O3. The van der Waals surface area contributed by atoms with Gasteiger partial charge in [0.1, 0.15) is 0 Å². The summed E-state index contributed by atoms with van der Waals surface area (Å²) < 4.78 is 5.48. The molecule has 154 valence electrons. The summed E-state index contributed by atoms with van der Waals surface area (Å²) in [5, 5.41) is 6.95. The van der Waals surface area contributed by atoms with Crippen molar-refractivity contribution in [2.24, 2.45) is 0 Å². The topological polar surface area (TPSA) is 88.3 Å². The molecule has 0 bridgehead atoms. The van der Waals surface area contributed by atoms with Gasteiger partial charge in [-0.1, -0.05) is 35.0 Å². The van der Waals surface area contributed by atoms with Gasteiger partial charge in [-0.05, 0) is 45.0 Å². The van der Waals surface area contributed by atoms with Crippen LogP contribution in [0.1, 0.15) is 48.0 Å². The van der Waals surface area contributed by atoms with E-state index >= 15 is 0 Å². The van der Waals surface area contributed by atoms with Crippen LogP contribution in [-0.2, 0) is 4.79 Å². The van der Waals surface area contributed by atoms with E-state index in [4.69, 9.17) is 4.52 Å². The summed E-state index contributed by atoms with van der Waals surface area (Å²) >= 11 is 0. The van der Waals surface area contributed by atoms with Crippen LogP contribution in [0.4, 0.5) is 5.69 Å². The van der Waals surface area contributed by atoms with E-state index in [1.807, 2.05) is 51.1 Å². The Labute approximate surface area is 175 Å². The minimum atomic E-state index is -0.160.